The third-order valence-electron chi connectivity index (χ3n) is 2.75. The predicted octanol–water partition coefficient (Wildman–Crippen LogP) is 2.95. The van der Waals surface area contributed by atoms with E-state index in [1.165, 1.54) is 5.56 Å². The highest BCUT2D eigenvalue weighted by Gasteiger charge is 2.20. The van der Waals surface area contributed by atoms with Gasteiger partial charge in [-0.05, 0) is 19.4 Å². The van der Waals surface area contributed by atoms with E-state index in [2.05, 4.69) is 35.8 Å². The van der Waals surface area contributed by atoms with E-state index in [1.807, 2.05) is 18.9 Å². The number of aliphatic imine (C=N–C) groups is 1. The number of hydrogen-bond donors (Lipinski definition) is 0. The first kappa shape index (κ1) is 10.7. The van der Waals surface area contributed by atoms with Crippen LogP contribution in [0, 0.1) is 6.92 Å². The molecule has 0 fully saturated rings. The lowest BCUT2D eigenvalue weighted by Gasteiger charge is -2.21. The van der Waals surface area contributed by atoms with Gasteiger partial charge < -0.3 is 9.47 Å². The first-order valence-electron chi connectivity index (χ1n) is 5.31. The normalized spacial score (nSPS) is 14.2. The Bertz CT molecular complexity index is 492. The van der Waals surface area contributed by atoms with Crippen LogP contribution in [-0.2, 0) is 6.54 Å². The van der Waals surface area contributed by atoms with Crippen molar-refractivity contribution >= 4 is 17.9 Å². The Kier molecular flexibility index (Phi) is 2.46. The van der Waals surface area contributed by atoms with Gasteiger partial charge in [-0.2, -0.15) is 0 Å². The summed E-state index contributed by atoms with van der Waals surface area (Å²) in [6.07, 6.45) is 3.92. The molecule has 1 aliphatic rings. The molecule has 2 heterocycles. The molecule has 1 aliphatic heterocycles. The van der Waals surface area contributed by atoms with Crippen LogP contribution in [0.1, 0.15) is 18.1 Å². The Labute approximate surface area is 96.4 Å². The number of rotatable bonds is 2. The van der Waals surface area contributed by atoms with Crippen molar-refractivity contribution in [3.8, 4) is 0 Å². The van der Waals surface area contributed by atoms with E-state index in [-0.39, 0.29) is 0 Å². The number of aryl methyl sites for hydroxylation is 1. The molecule has 0 atom stereocenters. The van der Waals surface area contributed by atoms with Crippen molar-refractivity contribution in [2.24, 2.45) is 4.99 Å². The largest absolute Gasteiger partial charge is 0.335 e. The molecule has 0 N–H and O–H groups in total. The highest BCUT2D eigenvalue weighted by molar-refractivity contribution is 5.86. The Balaban J connectivity index is 2.53. The van der Waals surface area contributed by atoms with E-state index < -0.39 is 0 Å². The standard InChI is InChI=1S/C13H17N3/c1-9(2)6-16-7-10(3)12-11(4)15(5)8-14-13(12)16/h7-8H,1,4,6H2,2-3,5H3. The van der Waals surface area contributed by atoms with Crippen molar-refractivity contribution in [2.45, 2.75) is 20.4 Å². The maximum atomic E-state index is 4.46. The molecule has 0 unspecified atom stereocenters. The zero-order valence-electron chi connectivity index (χ0n) is 10.1. The van der Waals surface area contributed by atoms with Gasteiger partial charge in [-0.3, -0.25) is 0 Å². The first-order chi connectivity index (χ1) is 7.50. The summed E-state index contributed by atoms with van der Waals surface area (Å²) < 4.78 is 2.13. The molecule has 0 saturated heterocycles. The summed E-state index contributed by atoms with van der Waals surface area (Å²) >= 11 is 0. The van der Waals surface area contributed by atoms with Crippen LogP contribution in [0.2, 0.25) is 0 Å². The van der Waals surface area contributed by atoms with Gasteiger partial charge in [-0.1, -0.05) is 18.7 Å². The van der Waals surface area contributed by atoms with Crippen molar-refractivity contribution in [3.63, 3.8) is 0 Å². The van der Waals surface area contributed by atoms with Crippen molar-refractivity contribution < 1.29 is 0 Å². The minimum absolute atomic E-state index is 0.810. The van der Waals surface area contributed by atoms with Crippen LogP contribution >= 0.6 is 0 Å². The van der Waals surface area contributed by atoms with Crippen molar-refractivity contribution in [3.05, 3.63) is 36.1 Å². The van der Waals surface area contributed by atoms with Gasteiger partial charge in [0.05, 0.1) is 6.34 Å². The molecule has 0 aliphatic carbocycles. The summed E-state index contributed by atoms with van der Waals surface area (Å²) in [4.78, 5) is 6.41. The maximum absolute atomic E-state index is 4.46. The number of aromatic nitrogens is 1. The molecule has 1 aromatic rings. The third-order valence-corrected chi connectivity index (χ3v) is 2.75. The van der Waals surface area contributed by atoms with E-state index in [1.54, 1.807) is 6.34 Å². The Hall–Kier alpha value is -1.77. The fourth-order valence-corrected chi connectivity index (χ4v) is 1.97. The fourth-order valence-electron chi connectivity index (χ4n) is 1.97. The first-order valence-corrected chi connectivity index (χ1v) is 5.31. The molecule has 0 radical (unpaired) electrons. The van der Waals surface area contributed by atoms with E-state index in [0.29, 0.717) is 0 Å². The third kappa shape index (κ3) is 1.58. The average Bonchev–Trinajstić information content (AvgIpc) is 2.49. The summed E-state index contributed by atoms with van der Waals surface area (Å²) in [6, 6.07) is 0. The predicted molar refractivity (Wildman–Crippen MR) is 68.9 cm³/mol. The average molecular weight is 215 g/mol. The van der Waals surface area contributed by atoms with Gasteiger partial charge in [0.1, 0.15) is 5.82 Å². The lowest BCUT2D eigenvalue weighted by Crippen LogP contribution is -2.17. The highest BCUT2D eigenvalue weighted by Crippen LogP contribution is 2.34. The van der Waals surface area contributed by atoms with Gasteiger partial charge in [-0.25, -0.2) is 4.99 Å². The molecule has 16 heavy (non-hydrogen) atoms. The zero-order valence-corrected chi connectivity index (χ0v) is 10.1. The van der Waals surface area contributed by atoms with E-state index in [4.69, 9.17) is 0 Å². The number of allylic oxidation sites excluding steroid dienone is 1. The van der Waals surface area contributed by atoms with E-state index >= 15 is 0 Å². The molecule has 2 rings (SSSR count). The van der Waals surface area contributed by atoms with Crippen molar-refractivity contribution in [1.29, 1.82) is 0 Å². The molecule has 0 aromatic carbocycles. The molecule has 84 valence electrons. The summed E-state index contributed by atoms with van der Waals surface area (Å²) in [6.45, 7) is 12.9. The molecular formula is C13H17N3. The van der Waals surface area contributed by atoms with Crippen molar-refractivity contribution in [2.75, 3.05) is 7.05 Å². The molecule has 0 bridgehead atoms. The summed E-state index contributed by atoms with van der Waals surface area (Å²) in [5.41, 5.74) is 4.48. The van der Waals surface area contributed by atoms with Gasteiger partial charge >= 0.3 is 0 Å². The number of fused-ring (bicyclic) bond motifs is 1. The monoisotopic (exact) mass is 215 g/mol. The van der Waals surface area contributed by atoms with Gasteiger partial charge in [0.2, 0.25) is 0 Å². The van der Waals surface area contributed by atoms with E-state index in [0.717, 1.165) is 29.2 Å². The molecule has 3 nitrogen and oxygen atoms in total. The summed E-state index contributed by atoms with van der Waals surface area (Å²) in [5.74, 6) is 0.989. The highest BCUT2D eigenvalue weighted by atomic mass is 15.2. The molecule has 3 heteroatoms. The van der Waals surface area contributed by atoms with Crippen LogP contribution in [-0.4, -0.2) is 22.9 Å². The van der Waals surface area contributed by atoms with Crippen LogP contribution in [0.25, 0.3) is 5.70 Å². The Morgan fingerprint density at radius 3 is 2.81 bits per heavy atom. The van der Waals surface area contributed by atoms with Gasteiger partial charge in [-0.15, -0.1) is 0 Å². The quantitative estimate of drug-likeness (QED) is 0.695. The van der Waals surface area contributed by atoms with Crippen LogP contribution < -0.4 is 0 Å². The molecule has 0 spiro atoms. The van der Waals surface area contributed by atoms with Gasteiger partial charge in [0.15, 0.2) is 0 Å². The van der Waals surface area contributed by atoms with Crippen molar-refractivity contribution in [1.82, 2.24) is 9.47 Å². The van der Waals surface area contributed by atoms with Crippen LogP contribution in [0.15, 0.2) is 29.9 Å². The summed E-state index contributed by atoms with van der Waals surface area (Å²) in [7, 11) is 1.96. The lowest BCUT2D eigenvalue weighted by atomic mass is 10.1. The second-order valence-electron chi connectivity index (χ2n) is 4.40. The SMILES string of the molecule is C=C(C)Cn1cc(C)c2c1N=CN(C)C2=C. The minimum Gasteiger partial charge on any atom is -0.335 e. The molecule has 0 saturated carbocycles. The zero-order chi connectivity index (χ0) is 11.9. The van der Waals surface area contributed by atoms with Crippen LogP contribution in [0.5, 0.6) is 0 Å². The number of nitrogens with zero attached hydrogens (tertiary/aromatic N) is 3. The van der Waals surface area contributed by atoms with E-state index in [9.17, 15) is 0 Å². The maximum Gasteiger partial charge on any atom is 0.144 e. The Morgan fingerprint density at radius 2 is 2.19 bits per heavy atom. The van der Waals surface area contributed by atoms with Crippen LogP contribution in [0.3, 0.4) is 0 Å². The van der Waals surface area contributed by atoms with Crippen LogP contribution in [0.4, 0.5) is 5.82 Å². The lowest BCUT2D eigenvalue weighted by molar-refractivity contribution is 0.724. The topological polar surface area (TPSA) is 20.5 Å². The van der Waals surface area contributed by atoms with Gasteiger partial charge in [0, 0.05) is 31.0 Å². The fraction of sp³-hybridized carbons (Fsp3) is 0.308. The minimum atomic E-state index is 0.810. The molecular weight excluding hydrogens is 198 g/mol. The molecule has 0 amide bonds. The second-order valence-corrected chi connectivity index (χ2v) is 4.40. The summed E-state index contributed by atoms with van der Waals surface area (Å²) in [5, 5.41) is 0. The number of hydrogen-bond acceptors (Lipinski definition) is 2. The Morgan fingerprint density at radius 1 is 1.50 bits per heavy atom. The molecule has 1 aromatic heterocycles. The smallest absolute Gasteiger partial charge is 0.144 e. The second kappa shape index (κ2) is 3.67. The van der Waals surface area contributed by atoms with Gasteiger partial charge in [0.25, 0.3) is 0 Å².